The molecule has 0 unspecified atom stereocenters. The molecule has 1 amide bonds. The van der Waals surface area contributed by atoms with Gasteiger partial charge in [0.2, 0.25) is 5.89 Å². The minimum atomic E-state index is -0.422. The Labute approximate surface area is 131 Å². The molecule has 5 nitrogen and oxygen atoms in total. The molecule has 0 aliphatic heterocycles. The Morgan fingerprint density at radius 3 is 2.55 bits per heavy atom. The summed E-state index contributed by atoms with van der Waals surface area (Å²) in [5, 5.41) is 10.8. The number of benzene rings is 2. The maximum atomic E-state index is 12.0. The van der Waals surface area contributed by atoms with Crippen molar-refractivity contribution < 1.29 is 9.21 Å². The highest BCUT2D eigenvalue weighted by molar-refractivity contribution is 6.33. The van der Waals surface area contributed by atoms with E-state index in [0.717, 1.165) is 5.56 Å². The molecule has 1 heterocycles. The Morgan fingerprint density at radius 2 is 1.77 bits per heavy atom. The van der Waals surface area contributed by atoms with Crippen LogP contribution in [0.5, 0.6) is 0 Å². The summed E-state index contributed by atoms with van der Waals surface area (Å²) in [4.78, 5) is 12.0. The van der Waals surface area contributed by atoms with Gasteiger partial charge in [-0.2, -0.15) is 0 Å². The largest absolute Gasteiger partial charge is 0.412 e. The van der Waals surface area contributed by atoms with Gasteiger partial charge in [-0.15, -0.1) is 10.2 Å². The van der Waals surface area contributed by atoms with Gasteiger partial charge < -0.3 is 9.73 Å². The zero-order chi connectivity index (χ0) is 15.4. The second-order valence-electron chi connectivity index (χ2n) is 4.56. The number of amides is 1. The minimum absolute atomic E-state index is 0.0918. The summed E-state index contributed by atoms with van der Waals surface area (Å²) in [6.45, 7) is 0.392. The molecular weight excluding hydrogens is 302 g/mol. The second kappa shape index (κ2) is 6.41. The van der Waals surface area contributed by atoms with Crippen LogP contribution in [-0.2, 0) is 6.54 Å². The van der Waals surface area contributed by atoms with E-state index in [-0.39, 0.29) is 11.8 Å². The summed E-state index contributed by atoms with van der Waals surface area (Å²) < 4.78 is 5.38. The van der Waals surface area contributed by atoms with Crippen molar-refractivity contribution in [2.45, 2.75) is 6.54 Å². The molecule has 0 saturated carbocycles. The van der Waals surface area contributed by atoms with E-state index in [9.17, 15) is 4.79 Å². The van der Waals surface area contributed by atoms with Gasteiger partial charge in [-0.05, 0) is 17.7 Å². The first kappa shape index (κ1) is 14.3. The van der Waals surface area contributed by atoms with Gasteiger partial charge in [0.05, 0.1) is 10.6 Å². The van der Waals surface area contributed by atoms with E-state index in [0.29, 0.717) is 17.1 Å². The standard InChI is InChI=1S/C16H12ClN3O2/c17-13-9-5-4-8-12(13)15-19-20-16(22-15)14(21)18-10-11-6-2-1-3-7-11/h1-9H,10H2,(H,18,21). The molecule has 110 valence electrons. The maximum Gasteiger partial charge on any atom is 0.309 e. The zero-order valence-electron chi connectivity index (χ0n) is 11.5. The smallest absolute Gasteiger partial charge is 0.309 e. The number of halogens is 1. The number of hydrogen-bond donors (Lipinski definition) is 1. The van der Waals surface area contributed by atoms with E-state index in [2.05, 4.69) is 15.5 Å². The number of nitrogens with zero attached hydrogens (tertiary/aromatic N) is 2. The number of carbonyl (C=O) groups is 1. The normalized spacial score (nSPS) is 10.4. The Balaban J connectivity index is 1.71. The first-order valence-corrected chi connectivity index (χ1v) is 7.02. The number of nitrogens with one attached hydrogen (secondary N) is 1. The van der Waals surface area contributed by atoms with Crippen LogP contribution in [0, 0.1) is 0 Å². The monoisotopic (exact) mass is 313 g/mol. The average molecular weight is 314 g/mol. The lowest BCUT2D eigenvalue weighted by Crippen LogP contribution is -2.23. The van der Waals surface area contributed by atoms with E-state index in [1.807, 2.05) is 30.3 Å². The average Bonchev–Trinajstić information content (AvgIpc) is 3.04. The van der Waals surface area contributed by atoms with Crippen molar-refractivity contribution in [3.63, 3.8) is 0 Å². The van der Waals surface area contributed by atoms with Crippen LogP contribution in [0.4, 0.5) is 0 Å². The molecule has 0 saturated heterocycles. The molecule has 0 bridgehead atoms. The predicted molar refractivity (Wildman–Crippen MR) is 82.4 cm³/mol. The molecule has 6 heteroatoms. The van der Waals surface area contributed by atoms with Crippen molar-refractivity contribution >= 4 is 17.5 Å². The van der Waals surface area contributed by atoms with Gasteiger partial charge in [0, 0.05) is 6.54 Å². The van der Waals surface area contributed by atoms with E-state index in [1.165, 1.54) is 0 Å². The predicted octanol–water partition coefficient (Wildman–Crippen LogP) is 3.32. The van der Waals surface area contributed by atoms with Gasteiger partial charge in [-0.1, -0.05) is 54.1 Å². The number of hydrogen-bond acceptors (Lipinski definition) is 4. The maximum absolute atomic E-state index is 12.0. The number of carbonyl (C=O) groups excluding carboxylic acids is 1. The lowest BCUT2D eigenvalue weighted by Gasteiger charge is -2.01. The van der Waals surface area contributed by atoms with E-state index in [4.69, 9.17) is 16.0 Å². The topological polar surface area (TPSA) is 68.0 Å². The Morgan fingerprint density at radius 1 is 1.05 bits per heavy atom. The van der Waals surface area contributed by atoms with Crippen LogP contribution in [0.1, 0.15) is 16.2 Å². The SMILES string of the molecule is O=C(NCc1ccccc1)c1nnc(-c2ccccc2Cl)o1. The van der Waals surface area contributed by atoms with Crippen LogP contribution < -0.4 is 5.32 Å². The third-order valence-electron chi connectivity index (χ3n) is 3.02. The summed E-state index contributed by atoms with van der Waals surface area (Å²) in [6.07, 6.45) is 0. The fourth-order valence-electron chi connectivity index (χ4n) is 1.91. The van der Waals surface area contributed by atoms with Crippen molar-refractivity contribution in [2.75, 3.05) is 0 Å². The first-order chi connectivity index (χ1) is 10.7. The number of aromatic nitrogens is 2. The molecular formula is C16H12ClN3O2. The fourth-order valence-corrected chi connectivity index (χ4v) is 2.13. The fraction of sp³-hybridized carbons (Fsp3) is 0.0625. The molecule has 3 aromatic rings. The molecule has 0 aliphatic carbocycles. The second-order valence-corrected chi connectivity index (χ2v) is 4.97. The van der Waals surface area contributed by atoms with Gasteiger partial charge in [-0.3, -0.25) is 4.79 Å². The van der Waals surface area contributed by atoms with Gasteiger partial charge >= 0.3 is 11.8 Å². The number of rotatable bonds is 4. The zero-order valence-corrected chi connectivity index (χ0v) is 12.2. The molecule has 3 rings (SSSR count). The molecule has 0 aliphatic rings. The quantitative estimate of drug-likeness (QED) is 0.802. The molecule has 0 radical (unpaired) electrons. The highest BCUT2D eigenvalue weighted by atomic mass is 35.5. The molecule has 1 N–H and O–H groups in total. The van der Waals surface area contributed by atoms with Crippen LogP contribution in [0.15, 0.2) is 59.0 Å². The van der Waals surface area contributed by atoms with Gasteiger partial charge in [0.1, 0.15) is 0 Å². The highest BCUT2D eigenvalue weighted by Gasteiger charge is 2.16. The molecule has 22 heavy (non-hydrogen) atoms. The van der Waals surface area contributed by atoms with Crippen molar-refractivity contribution in [1.82, 2.24) is 15.5 Å². The Hall–Kier alpha value is -2.66. The highest BCUT2D eigenvalue weighted by Crippen LogP contribution is 2.26. The first-order valence-electron chi connectivity index (χ1n) is 6.64. The Bertz CT molecular complexity index is 787. The van der Waals surface area contributed by atoms with Gasteiger partial charge in [0.15, 0.2) is 0 Å². The van der Waals surface area contributed by atoms with Crippen molar-refractivity contribution in [2.24, 2.45) is 0 Å². The summed E-state index contributed by atoms with van der Waals surface area (Å²) in [7, 11) is 0. The van der Waals surface area contributed by atoms with Gasteiger partial charge in [0.25, 0.3) is 0 Å². The lowest BCUT2D eigenvalue weighted by atomic mass is 10.2. The molecule has 0 spiro atoms. The van der Waals surface area contributed by atoms with Crippen molar-refractivity contribution in [3.05, 3.63) is 71.1 Å². The van der Waals surface area contributed by atoms with Crippen LogP contribution in [-0.4, -0.2) is 16.1 Å². The molecule has 0 fully saturated rings. The van der Waals surface area contributed by atoms with E-state index in [1.54, 1.807) is 24.3 Å². The van der Waals surface area contributed by atoms with E-state index >= 15 is 0 Å². The summed E-state index contributed by atoms with van der Waals surface area (Å²) >= 11 is 6.06. The summed E-state index contributed by atoms with van der Waals surface area (Å²) in [5.41, 5.74) is 1.58. The minimum Gasteiger partial charge on any atom is -0.412 e. The molecule has 1 aromatic heterocycles. The van der Waals surface area contributed by atoms with Crippen LogP contribution in [0.3, 0.4) is 0 Å². The van der Waals surface area contributed by atoms with Crippen LogP contribution >= 0.6 is 11.6 Å². The van der Waals surface area contributed by atoms with Crippen LogP contribution in [0.2, 0.25) is 5.02 Å². The lowest BCUT2D eigenvalue weighted by molar-refractivity contribution is 0.0917. The van der Waals surface area contributed by atoms with Gasteiger partial charge in [-0.25, -0.2) is 0 Å². The van der Waals surface area contributed by atoms with Crippen molar-refractivity contribution in [3.8, 4) is 11.5 Å². The summed E-state index contributed by atoms with van der Waals surface area (Å²) in [5.74, 6) is -0.295. The Kier molecular flexibility index (Phi) is 4.16. The van der Waals surface area contributed by atoms with Crippen molar-refractivity contribution in [1.29, 1.82) is 0 Å². The third-order valence-corrected chi connectivity index (χ3v) is 3.35. The molecule has 2 aromatic carbocycles. The third kappa shape index (κ3) is 3.15. The summed E-state index contributed by atoms with van der Waals surface area (Å²) in [6, 6.07) is 16.6. The van der Waals surface area contributed by atoms with Crippen LogP contribution in [0.25, 0.3) is 11.5 Å². The molecule has 0 atom stereocenters. The van der Waals surface area contributed by atoms with E-state index < -0.39 is 5.91 Å².